The van der Waals surface area contributed by atoms with E-state index >= 15 is 0 Å². The van der Waals surface area contributed by atoms with E-state index < -0.39 is 22.1 Å². The van der Waals surface area contributed by atoms with Crippen LogP contribution in [0, 0.1) is 5.92 Å². The van der Waals surface area contributed by atoms with Gasteiger partial charge in [-0.05, 0) is 25.7 Å². The number of nitrogens with zero attached hydrogens (tertiary/aromatic N) is 1. The molecule has 6 nitrogen and oxygen atoms in total. The van der Waals surface area contributed by atoms with E-state index in [1.807, 2.05) is 0 Å². The van der Waals surface area contributed by atoms with Gasteiger partial charge < -0.3 is 5.11 Å². The zero-order valence-corrected chi connectivity index (χ0v) is 13.3. The van der Waals surface area contributed by atoms with E-state index in [-0.39, 0.29) is 6.04 Å². The van der Waals surface area contributed by atoms with Gasteiger partial charge in [-0.3, -0.25) is 4.79 Å². The Bertz CT molecular complexity index is 436. The fourth-order valence-electron chi connectivity index (χ4n) is 3.20. The number of hydrogen-bond donors (Lipinski definition) is 2. The van der Waals surface area contributed by atoms with Crippen LogP contribution in [0.4, 0.5) is 0 Å². The van der Waals surface area contributed by atoms with Crippen LogP contribution in [0.25, 0.3) is 0 Å². The van der Waals surface area contributed by atoms with Crippen LogP contribution in [0.15, 0.2) is 0 Å². The minimum atomic E-state index is -3.47. The van der Waals surface area contributed by atoms with Crippen LogP contribution in [0.1, 0.15) is 57.8 Å². The van der Waals surface area contributed by atoms with Crippen LogP contribution in [0.2, 0.25) is 0 Å². The molecule has 122 valence electrons. The molecular formula is C14H26N2O4S. The normalized spacial score (nSPS) is 24.4. The minimum absolute atomic E-state index is 0.0347. The van der Waals surface area contributed by atoms with Gasteiger partial charge in [0.15, 0.2) is 0 Å². The van der Waals surface area contributed by atoms with E-state index in [0.717, 1.165) is 25.7 Å². The molecular weight excluding hydrogens is 292 g/mol. The van der Waals surface area contributed by atoms with Gasteiger partial charge in [-0.1, -0.05) is 32.1 Å². The largest absolute Gasteiger partial charge is 0.481 e. The average Bonchev–Trinajstić information content (AvgIpc) is 2.42. The first kappa shape index (κ1) is 16.7. The highest BCUT2D eigenvalue weighted by atomic mass is 32.2. The Hall–Kier alpha value is -0.660. The van der Waals surface area contributed by atoms with Gasteiger partial charge >= 0.3 is 5.97 Å². The molecule has 7 heteroatoms. The summed E-state index contributed by atoms with van der Waals surface area (Å²) < 4.78 is 29.0. The van der Waals surface area contributed by atoms with Crippen molar-refractivity contribution < 1.29 is 18.3 Å². The highest BCUT2D eigenvalue weighted by Gasteiger charge is 2.32. The number of piperidine rings is 1. The van der Waals surface area contributed by atoms with Crippen molar-refractivity contribution in [2.75, 3.05) is 13.1 Å². The maximum Gasteiger partial charge on any atom is 0.306 e. The van der Waals surface area contributed by atoms with Crippen LogP contribution in [0.5, 0.6) is 0 Å². The van der Waals surface area contributed by atoms with Crippen LogP contribution in [-0.4, -0.2) is 42.9 Å². The summed E-state index contributed by atoms with van der Waals surface area (Å²) in [5.74, 6) is -1.22. The zero-order valence-electron chi connectivity index (χ0n) is 12.5. The minimum Gasteiger partial charge on any atom is -0.481 e. The Balaban J connectivity index is 1.87. The summed E-state index contributed by atoms with van der Waals surface area (Å²) in [5.41, 5.74) is 0. The molecule has 1 aliphatic heterocycles. The Morgan fingerprint density at radius 2 is 1.48 bits per heavy atom. The van der Waals surface area contributed by atoms with E-state index in [1.165, 1.54) is 23.6 Å². The third kappa shape index (κ3) is 4.93. The molecule has 2 aliphatic rings. The lowest BCUT2D eigenvalue weighted by atomic mass is 9.97. The molecule has 1 saturated carbocycles. The molecule has 0 aromatic rings. The SMILES string of the molecule is O=C(O)C1CCN(S(=O)(=O)NC2CCCCCCC2)CC1. The number of carboxylic acid groups (broad SMARTS) is 1. The predicted octanol–water partition coefficient (Wildman–Crippen LogP) is 1.73. The van der Waals surface area contributed by atoms with Gasteiger partial charge in [-0.25, -0.2) is 0 Å². The highest BCUT2D eigenvalue weighted by molar-refractivity contribution is 7.87. The van der Waals surface area contributed by atoms with E-state index in [4.69, 9.17) is 5.11 Å². The molecule has 0 bridgehead atoms. The van der Waals surface area contributed by atoms with Crippen molar-refractivity contribution in [3.63, 3.8) is 0 Å². The smallest absolute Gasteiger partial charge is 0.306 e. The standard InChI is InChI=1S/C14H26N2O4S/c17-14(18)12-8-10-16(11-9-12)21(19,20)15-13-6-4-2-1-3-5-7-13/h12-13,15H,1-11H2,(H,17,18). The Morgan fingerprint density at radius 1 is 0.952 bits per heavy atom. The van der Waals surface area contributed by atoms with Gasteiger partial charge in [-0.15, -0.1) is 0 Å². The monoisotopic (exact) mass is 318 g/mol. The summed E-state index contributed by atoms with van der Waals surface area (Å²) in [6.45, 7) is 0.609. The van der Waals surface area contributed by atoms with Crippen molar-refractivity contribution in [1.29, 1.82) is 0 Å². The van der Waals surface area contributed by atoms with Gasteiger partial charge in [-0.2, -0.15) is 17.4 Å². The van der Waals surface area contributed by atoms with Gasteiger partial charge in [0.2, 0.25) is 0 Å². The molecule has 0 radical (unpaired) electrons. The summed E-state index contributed by atoms with van der Waals surface area (Å²) in [6.07, 6.45) is 8.40. The van der Waals surface area contributed by atoms with Crippen molar-refractivity contribution in [1.82, 2.24) is 9.03 Å². The number of nitrogens with one attached hydrogen (secondary N) is 1. The average molecular weight is 318 g/mol. The van der Waals surface area contributed by atoms with Gasteiger partial charge in [0.25, 0.3) is 10.2 Å². The lowest BCUT2D eigenvalue weighted by molar-refractivity contribution is -0.142. The fourth-order valence-corrected chi connectivity index (χ4v) is 4.70. The maximum absolute atomic E-state index is 12.4. The molecule has 0 amide bonds. The lowest BCUT2D eigenvalue weighted by Gasteiger charge is -2.31. The third-order valence-electron chi connectivity index (χ3n) is 4.56. The molecule has 1 aliphatic carbocycles. The topological polar surface area (TPSA) is 86.7 Å². The molecule has 2 fully saturated rings. The number of rotatable bonds is 4. The number of aliphatic carboxylic acids is 1. The summed E-state index contributed by atoms with van der Waals surface area (Å²) in [7, 11) is -3.47. The second kappa shape index (κ2) is 7.56. The molecule has 0 unspecified atom stereocenters. The predicted molar refractivity (Wildman–Crippen MR) is 80.1 cm³/mol. The van der Waals surface area contributed by atoms with Crippen molar-refractivity contribution in [2.24, 2.45) is 5.92 Å². The third-order valence-corrected chi connectivity index (χ3v) is 6.24. The number of carbonyl (C=O) groups is 1. The van der Waals surface area contributed by atoms with E-state index in [0.29, 0.717) is 25.9 Å². The molecule has 2 N–H and O–H groups in total. The molecule has 0 spiro atoms. The lowest BCUT2D eigenvalue weighted by Crippen LogP contribution is -2.49. The Labute approximate surface area is 127 Å². The van der Waals surface area contributed by atoms with Crippen molar-refractivity contribution in [2.45, 2.75) is 63.8 Å². The van der Waals surface area contributed by atoms with Crippen molar-refractivity contribution in [3.05, 3.63) is 0 Å². The van der Waals surface area contributed by atoms with Crippen molar-refractivity contribution in [3.8, 4) is 0 Å². The molecule has 2 rings (SSSR count). The highest BCUT2D eigenvalue weighted by Crippen LogP contribution is 2.21. The van der Waals surface area contributed by atoms with Gasteiger partial charge in [0.05, 0.1) is 5.92 Å². The molecule has 1 heterocycles. The van der Waals surface area contributed by atoms with Crippen LogP contribution < -0.4 is 4.72 Å². The second-order valence-electron chi connectivity index (χ2n) is 6.18. The first-order valence-corrected chi connectivity index (χ1v) is 9.43. The first-order valence-electron chi connectivity index (χ1n) is 7.99. The van der Waals surface area contributed by atoms with E-state index in [9.17, 15) is 13.2 Å². The van der Waals surface area contributed by atoms with E-state index in [2.05, 4.69) is 4.72 Å². The molecule has 1 saturated heterocycles. The second-order valence-corrected chi connectivity index (χ2v) is 7.88. The number of hydrogen-bond acceptors (Lipinski definition) is 3. The zero-order chi connectivity index (χ0) is 15.3. The first-order chi connectivity index (χ1) is 9.99. The van der Waals surface area contributed by atoms with E-state index in [1.54, 1.807) is 0 Å². The molecule has 21 heavy (non-hydrogen) atoms. The summed E-state index contributed by atoms with van der Waals surface area (Å²) in [5, 5.41) is 8.96. The van der Waals surface area contributed by atoms with Gasteiger partial charge in [0.1, 0.15) is 0 Å². The Kier molecular flexibility index (Phi) is 6.01. The summed E-state index contributed by atoms with van der Waals surface area (Å²) in [6, 6.07) is 0.0347. The molecule has 0 aromatic heterocycles. The summed E-state index contributed by atoms with van der Waals surface area (Å²) in [4.78, 5) is 10.9. The van der Waals surface area contributed by atoms with Crippen molar-refractivity contribution >= 4 is 16.2 Å². The molecule has 0 aromatic carbocycles. The summed E-state index contributed by atoms with van der Waals surface area (Å²) >= 11 is 0. The van der Waals surface area contributed by atoms with Crippen LogP contribution >= 0.6 is 0 Å². The van der Waals surface area contributed by atoms with Crippen LogP contribution in [-0.2, 0) is 15.0 Å². The van der Waals surface area contributed by atoms with Gasteiger partial charge in [0, 0.05) is 19.1 Å². The maximum atomic E-state index is 12.4. The Morgan fingerprint density at radius 3 is 2.00 bits per heavy atom. The molecule has 0 atom stereocenters. The fraction of sp³-hybridized carbons (Fsp3) is 0.929. The number of carboxylic acids is 1. The van der Waals surface area contributed by atoms with Crippen LogP contribution in [0.3, 0.4) is 0 Å². The quantitative estimate of drug-likeness (QED) is 0.826.